The number of aliphatic carboxylic acids is 1. The van der Waals surface area contributed by atoms with E-state index in [4.69, 9.17) is 9.84 Å². The number of ether oxygens (including phenoxy) is 2. The van der Waals surface area contributed by atoms with Crippen LogP contribution in [0.25, 0.3) is 0 Å². The van der Waals surface area contributed by atoms with Gasteiger partial charge in [-0.1, -0.05) is 12.7 Å². The molecule has 2 N–H and O–H groups in total. The van der Waals surface area contributed by atoms with E-state index in [-0.39, 0.29) is 18.9 Å². The number of benzene rings is 1. The van der Waals surface area contributed by atoms with Crippen LogP contribution in [0.1, 0.15) is 0 Å². The van der Waals surface area contributed by atoms with E-state index >= 15 is 0 Å². The van der Waals surface area contributed by atoms with Gasteiger partial charge in [-0.25, -0.2) is 14.0 Å². The molecule has 0 aliphatic heterocycles. The zero-order chi connectivity index (χ0) is 15.0. The highest BCUT2D eigenvalue weighted by molar-refractivity contribution is 5.74. The van der Waals surface area contributed by atoms with Crippen molar-refractivity contribution in [3.05, 3.63) is 42.7 Å². The number of rotatable bonds is 7. The van der Waals surface area contributed by atoms with Crippen molar-refractivity contribution >= 4 is 12.1 Å². The molecule has 1 amide bonds. The van der Waals surface area contributed by atoms with Crippen molar-refractivity contribution in [2.75, 3.05) is 13.2 Å². The van der Waals surface area contributed by atoms with Crippen LogP contribution in [-0.4, -0.2) is 36.4 Å². The minimum absolute atomic E-state index is 0.0163. The molecule has 0 radical (unpaired) electrons. The maximum Gasteiger partial charge on any atom is 0.407 e. The van der Waals surface area contributed by atoms with Crippen LogP contribution in [-0.2, 0) is 9.53 Å². The minimum atomic E-state index is -1.31. The smallest absolute Gasteiger partial charge is 0.407 e. The molecule has 0 saturated heterocycles. The van der Waals surface area contributed by atoms with E-state index in [1.807, 2.05) is 0 Å². The van der Waals surface area contributed by atoms with Crippen LogP contribution in [0, 0.1) is 5.82 Å². The summed E-state index contributed by atoms with van der Waals surface area (Å²) in [6.45, 7) is 3.09. The molecule has 1 aromatic rings. The lowest BCUT2D eigenvalue weighted by atomic mass is 10.3. The fourth-order valence-electron chi connectivity index (χ4n) is 1.22. The summed E-state index contributed by atoms with van der Waals surface area (Å²) < 4.78 is 22.5. The van der Waals surface area contributed by atoms with Crippen LogP contribution in [0.5, 0.6) is 5.75 Å². The van der Waals surface area contributed by atoms with E-state index in [0.29, 0.717) is 0 Å². The zero-order valence-electron chi connectivity index (χ0n) is 10.5. The first kappa shape index (κ1) is 15.5. The van der Waals surface area contributed by atoms with Crippen molar-refractivity contribution in [2.45, 2.75) is 6.10 Å². The Labute approximate surface area is 114 Å². The number of carboxylic acids is 1. The van der Waals surface area contributed by atoms with Gasteiger partial charge in [0, 0.05) is 0 Å². The van der Waals surface area contributed by atoms with Crippen molar-refractivity contribution < 1.29 is 28.6 Å². The number of nitrogens with one attached hydrogen (secondary N) is 1. The summed E-state index contributed by atoms with van der Waals surface area (Å²) in [7, 11) is 0. The normalized spacial score (nSPS) is 11.2. The second-order valence-electron chi connectivity index (χ2n) is 3.67. The first-order valence-electron chi connectivity index (χ1n) is 5.69. The highest BCUT2D eigenvalue weighted by Crippen LogP contribution is 2.13. The van der Waals surface area contributed by atoms with Gasteiger partial charge in [0.05, 0.1) is 6.54 Å². The number of amides is 1. The maximum atomic E-state index is 12.7. The van der Waals surface area contributed by atoms with E-state index < -0.39 is 24.0 Å². The molecule has 0 aliphatic rings. The summed E-state index contributed by atoms with van der Waals surface area (Å²) in [6.07, 6.45) is -0.709. The molecular weight excluding hydrogens is 269 g/mol. The molecule has 0 saturated carbocycles. The second-order valence-corrected chi connectivity index (χ2v) is 3.67. The molecule has 1 rings (SSSR count). The van der Waals surface area contributed by atoms with Gasteiger partial charge in [-0.05, 0) is 24.3 Å². The number of carboxylic acid groups (broad SMARTS) is 1. The average molecular weight is 283 g/mol. The minimum Gasteiger partial charge on any atom is -0.478 e. The quantitative estimate of drug-likeness (QED) is 0.742. The Balaban J connectivity index is 2.52. The zero-order valence-corrected chi connectivity index (χ0v) is 10.5. The summed E-state index contributed by atoms with van der Waals surface area (Å²) in [5.74, 6) is -1.55. The Bertz CT molecular complexity index is 474. The summed E-state index contributed by atoms with van der Waals surface area (Å²) in [5.41, 5.74) is 0. The van der Waals surface area contributed by atoms with Crippen molar-refractivity contribution in [1.82, 2.24) is 5.32 Å². The molecule has 0 aliphatic carbocycles. The molecule has 0 spiro atoms. The van der Waals surface area contributed by atoms with E-state index in [1.54, 1.807) is 0 Å². The number of alkyl carbamates (subject to hydrolysis) is 1. The third-order valence-corrected chi connectivity index (χ3v) is 2.13. The van der Waals surface area contributed by atoms with Gasteiger partial charge in [-0.2, -0.15) is 0 Å². The third-order valence-electron chi connectivity index (χ3n) is 2.13. The van der Waals surface area contributed by atoms with Crippen LogP contribution in [0.2, 0.25) is 0 Å². The van der Waals surface area contributed by atoms with Gasteiger partial charge in [-0.3, -0.25) is 0 Å². The van der Waals surface area contributed by atoms with Gasteiger partial charge >= 0.3 is 12.1 Å². The van der Waals surface area contributed by atoms with Crippen molar-refractivity contribution in [3.63, 3.8) is 0 Å². The Morgan fingerprint density at radius 3 is 2.60 bits per heavy atom. The fraction of sp³-hybridized carbons (Fsp3) is 0.231. The van der Waals surface area contributed by atoms with E-state index in [2.05, 4.69) is 16.6 Å². The largest absolute Gasteiger partial charge is 0.478 e. The third kappa shape index (κ3) is 5.38. The molecule has 0 heterocycles. The van der Waals surface area contributed by atoms with Crippen LogP contribution < -0.4 is 10.1 Å². The Hall–Kier alpha value is -2.57. The number of carbonyl (C=O) groups is 2. The van der Waals surface area contributed by atoms with Gasteiger partial charge in [0.15, 0.2) is 0 Å². The number of hydrogen-bond acceptors (Lipinski definition) is 4. The first-order valence-corrected chi connectivity index (χ1v) is 5.69. The predicted molar refractivity (Wildman–Crippen MR) is 68.0 cm³/mol. The molecule has 1 aromatic carbocycles. The molecule has 20 heavy (non-hydrogen) atoms. The van der Waals surface area contributed by atoms with Crippen molar-refractivity contribution in [3.8, 4) is 5.75 Å². The van der Waals surface area contributed by atoms with Gasteiger partial charge in [0.1, 0.15) is 18.2 Å². The molecule has 6 nitrogen and oxygen atoms in total. The lowest BCUT2D eigenvalue weighted by Crippen LogP contribution is -2.40. The van der Waals surface area contributed by atoms with Gasteiger partial charge < -0.3 is 19.9 Å². The lowest BCUT2D eigenvalue weighted by Gasteiger charge is -2.15. The second kappa shape index (κ2) is 7.78. The number of hydrogen-bond donors (Lipinski definition) is 2. The molecule has 0 aromatic heterocycles. The van der Waals surface area contributed by atoms with Gasteiger partial charge in [0.2, 0.25) is 6.10 Å². The van der Waals surface area contributed by atoms with Gasteiger partial charge in [-0.15, -0.1) is 0 Å². The summed E-state index contributed by atoms with van der Waals surface area (Å²) in [4.78, 5) is 22.1. The SMILES string of the molecule is C=CCOC(=O)NCC(Oc1ccc(F)cc1)C(=O)O. The van der Waals surface area contributed by atoms with Crippen molar-refractivity contribution in [1.29, 1.82) is 0 Å². The maximum absolute atomic E-state index is 12.7. The molecule has 0 bridgehead atoms. The van der Waals surface area contributed by atoms with E-state index in [0.717, 1.165) is 12.1 Å². The number of halogens is 1. The summed E-state index contributed by atoms with van der Waals surface area (Å²) in [6, 6.07) is 4.86. The summed E-state index contributed by atoms with van der Waals surface area (Å²) in [5, 5.41) is 11.2. The topological polar surface area (TPSA) is 84.9 Å². The predicted octanol–water partition coefficient (Wildman–Crippen LogP) is 1.57. The van der Waals surface area contributed by atoms with Crippen LogP contribution in [0.4, 0.5) is 9.18 Å². The average Bonchev–Trinajstić information content (AvgIpc) is 2.42. The highest BCUT2D eigenvalue weighted by atomic mass is 19.1. The van der Waals surface area contributed by atoms with E-state index in [1.165, 1.54) is 18.2 Å². The molecular formula is C13H14FNO5. The van der Waals surface area contributed by atoms with Crippen LogP contribution in [0.3, 0.4) is 0 Å². The lowest BCUT2D eigenvalue weighted by molar-refractivity contribution is -0.144. The van der Waals surface area contributed by atoms with Crippen LogP contribution in [0.15, 0.2) is 36.9 Å². The van der Waals surface area contributed by atoms with Crippen molar-refractivity contribution in [2.24, 2.45) is 0 Å². The Kier molecular flexibility index (Phi) is 6.02. The van der Waals surface area contributed by atoms with Crippen LogP contribution >= 0.6 is 0 Å². The standard InChI is InChI=1S/C13H14FNO5/c1-2-7-19-13(18)15-8-11(12(16)17)20-10-5-3-9(14)4-6-10/h2-6,11H,1,7-8H2,(H,15,18)(H,16,17). The Morgan fingerprint density at radius 2 is 2.05 bits per heavy atom. The molecule has 1 unspecified atom stereocenters. The fourth-order valence-corrected chi connectivity index (χ4v) is 1.22. The number of carbonyl (C=O) groups excluding carboxylic acids is 1. The molecule has 1 atom stereocenters. The monoisotopic (exact) mass is 283 g/mol. The first-order chi connectivity index (χ1) is 9.52. The summed E-state index contributed by atoms with van der Waals surface area (Å²) >= 11 is 0. The van der Waals surface area contributed by atoms with E-state index in [9.17, 15) is 14.0 Å². The molecule has 108 valence electrons. The highest BCUT2D eigenvalue weighted by Gasteiger charge is 2.20. The molecule has 7 heteroatoms. The molecule has 0 fully saturated rings. The Morgan fingerprint density at radius 1 is 1.40 bits per heavy atom. The van der Waals surface area contributed by atoms with Gasteiger partial charge in [0.25, 0.3) is 0 Å².